The van der Waals surface area contributed by atoms with Crippen molar-refractivity contribution in [2.45, 2.75) is 26.2 Å². The van der Waals surface area contributed by atoms with Crippen LogP contribution < -0.4 is 9.47 Å². The Morgan fingerprint density at radius 1 is 1.29 bits per heavy atom. The predicted molar refractivity (Wildman–Crippen MR) is 65.2 cm³/mol. The van der Waals surface area contributed by atoms with Crippen molar-refractivity contribution in [1.82, 2.24) is 0 Å². The largest absolute Gasteiger partial charge is 0.486 e. The van der Waals surface area contributed by atoms with E-state index in [9.17, 15) is 5.26 Å². The van der Waals surface area contributed by atoms with Gasteiger partial charge in [0.05, 0.1) is 12.0 Å². The average Bonchev–Trinajstić information content (AvgIpc) is 2.39. The van der Waals surface area contributed by atoms with Crippen LogP contribution in [0.15, 0.2) is 18.2 Å². The molecule has 1 heterocycles. The van der Waals surface area contributed by atoms with Gasteiger partial charge in [0.15, 0.2) is 11.5 Å². The molecule has 0 spiro atoms. The summed E-state index contributed by atoms with van der Waals surface area (Å²) >= 11 is 0. The third-order valence-electron chi connectivity index (χ3n) is 3.28. The maximum atomic E-state index is 9.26. The van der Waals surface area contributed by atoms with E-state index in [0.717, 1.165) is 23.5 Å². The highest BCUT2D eigenvalue weighted by atomic mass is 16.6. The summed E-state index contributed by atoms with van der Waals surface area (Å²) in [5.74, 6) is 1.82. The summed E-state index contributed by atoms with van der Waals surface area (Å²) in [6.45, 7) is 5.38. The molecule has 1 aromatic rings. The molecule has 90 valence electrons. The van der Waals surface area contributed by atoms with Crippen molar-refractivity contribution in [2.75, 3.05) is 13.2 Å². The van der Waals surface area contributed by atoms with E-state index in [-0.39, 0.29) is 5.92 Å². The van der Waals surface area contributed by atoms with Gasteiger partial charge in [0, 0.05) is 0 Å². The third kappa shape index (κ3) is 2.36. The molecular formula is C14H17NO2. The van der Waals surface area contributed by atoms with Crippen molar-refractivity contribution in [3.8, 4) is 17.6 Å². The lowest BCUT2D eigenvalue weighted by molar-refractivity contribution is 0.171. The molecule has 0 fully saturated rings. The third-order valence-corrected chi connectivity index (χ3v) is 3.28. The second-order valence-corrected chi connectivity index (χ2v) is 4.40. The van der Waals surface area contributed by atoms with Gasteiger partial charge in [-0.25, -0.2) is 0 Å². The minimum absolute atomic E-state index is 0.0733. The van der Waals surface area contributed by atoms with Gasteiger partial charge in [0.2, 0.25) is 0 Å². The molecule has 2 rings (SSSR count). The number of nitriles is 1. The molecule has 2 unspecified atom stereocenters. The van der Waals surface area contributed by atoms with Crippen molar-refractivity contribution < 1.29 is 9.47 Å². The molecule has 1 aliphatic heterocycles. The first kappa shape index (κ1) is 11.8. The second kappa shape index (κ2) is 5.09. The first-order valence-corrected chi connectivity index (χ1v) is 6.05. The number of rotatable bonds is 3. The zero-order valence-electron chi connectivity index (χ0n) is 10.3. The fourth-order valence-electron chi connectivity index (χ4n) is 2.02. The second-order valence-electron chi connectivity index (χ2n) is 4.40. The molecule has 0 bridgehead atoms. The van der Waals surface area contributed by atoms with Crippen LogP contribution in [-0.4, -0.2) is 13.2 Å². The molecular weight excluding hydrogens is 214 g/mol. The Morgan fingerprint density at radius 3 is 2.65 bits per heavy atom. The number of fused-ring (bicyclic) bond motifs is 1. The molecule has 0 aromatic heterocycles. The molecule has 0 radical (unpaired) electrons. The van der Waals surface area contributed by atoms with Crippen LogP contribution >= 0.6 is 0 Å². The van der Waals surface area contributed by atoms with Crippen LogP contribution in [0.2, 0.25) is 0 Å². The predicted octanol–water partition coefficient (Wildman–Crippen LogP) is 3.11. The zero-order chi connectivity index (χ0) is 12.3. The fourth-order valence-corrected chi connectivity index (χ4v) is 2.02. The molecule has 3 heteroatoms. The first-order chi connectivity index (χ1) is 8.26. The van der Waals surface area contributed by atoms with Crippen LogP contribution in [0.3, 0.4) is 0 Å². The van der Waals surface area contributed by atoms with E-state index in [4.69, 9.17) is 9.47 Å². The highest BCUT2D eigenvalue weighted by Crippen LogP contribution is 2.35. The Kier molecular flexibility index (Phi) is 3.53. The molecule has 0 saturated carbocycles. The van der Waals surface area contributed by atoms with Gasteiger partial charge in [-0.2, -0.15) is 5.26 Å². The minimum atomic E-state index is -0.0733. The molecule has 0 aliphatic carbocycles. The van der Waals surface area contributed by atoms with Crippen molar-refractivity contribution >= 4 is 0 Å². The first-order valence-electron chi connectivity index (χ1n) is 6.05. The smallest absolute Gasteiger partial charge is 0.161 e. The standard InChI is InChI=1S/C14H17NO2/c1-3-10(2)12(9-15)11-4-5-13-14(8-11)17-7-6-16-13/h4-5,8,10,12H,3,6-7H2,1-2H3. The zero-order valence-corrected chi connectivity index (χ0v) is 10.3. The van der Waals surface area contributed by atoms with E-state index in [1.165, 1.54) is 0 Å². The number of hydrogen-bond donors (Lipinski definition) is 0. The van der Waals surface area contributed by atoms with Crippen LogP contribution in [0.4, 0.5) is 0 Å². The van der Waals surface area contributed by atoms with Crippen LogP contribution in [-0.2, 0) is 0 Å². The number of hydrogen-bond acceptors (Lipinski definition) is 3. The molecule has 0 N–H and O–H groups in total. The Morgan fingerprint density at radius 2 is 2.00 bits per heavy atom. The van der Waals surface area contributed by atoms with E-state index >= 15 is 0 Å². The average molecular weight is 231 g/mol. The van der Waals surface area contributed by atoms with Crippen LogP contribution in [0.25, 0.3) is 0 Å². The normalized spacial score (nSPS) is 17.0. The summed E-state index contributed by atoms with van der Waals surface area (Å²) in [5, 5.41) is 9.26. The fraction of sp³-hybridized carbons (Fsp3) is 0.500. The van der Waals surface area contributed by atoms with Gasteiger partial charge in [0.1, 0.15) is 13.2 Å². The van der Waals surface area contributed by atoms with Crippen molar-refractivity contribution in [3.63, 3.8) is 0 Å². The van der Waals surface area contributed by atoms with Gasteiger partial charge in [-0.05, 0) is 23.6 Å². The Balaban J connectivity index is 2.29. The molecule has 1 aliphatic rings. The summed E-state index contributed by atoms with van der Waals surface area (Å²) in [6, 6.07) is 8.18. The number of benzene rings is 1. The lowest BCUT2D eigenvalue weighted by atomic mass is 9.86. The number of ether oxygens (including phenoxy) is 2. The van der Waals surface area contributed by atoms with Gasteiger partial charge < -0.3 is 9.47 Å². The lowest BCUT2D eigenvalue weighted by Crippen LogP contribution is -2.16. The van der Waals surface area contributed by atoms with E-state index in [2.05, 4.69) is 19.9 Å². The van der Waals surface area contributed by atoms with E-state index < -0.39 is 0 Å². The van der Waals surface area contributed by atoms with Crippen molar-refractivity contribution in [1.29, 1.82) is 5.26 Å². The number of nitrogens with zero attached hydrogens (tertiary/aromatic N) is 1. The molecule has 3 nitrogen and oxygen atoms in total. The van der Waals surface area contributed by atoms with E-state index in [1.54, 1.807) is 0 Å². The molecule has 1 aromatic carbocycles. The summed E-state index contributed by atoms with van der Waals surface area (Å²) in [7, 11) is 0. The van der Waals surface area contributed by atoms with Gasteiger partial charge in [-0.1, -0.05) is 26.3 Å². The highest BCUT2D eigenvalue weighted by molar-refractivity contribution is 5.45. The van der Waals surface area contributed by atoms with Gasteiger partial charge in [-0.15, -0.1) is 0 Å². The molecule has 0 saturated heterocycles. The molecule has 17 heavy (non-hydrogen) atoms. The van der Waals surface area contributed by atoms with Crippen LogP contribution in [0, 0.1) is 17.2 Å². The highest BCUT2D eigenvalue weighted by Gasteiger charge is 2.20. The van der Waals surface area contributed by atoms with E-state index in [1.807, 2.05) is 18.2 Å². The van der Waals surface area contributed by atoms with Crippen molar-refractivity contribution in [2.24, 2.45) is 5.92 Å². The van der Waals surface area contributed by atoms with Crippen LogP contribution in [0.1, 0.15) is 31.7 Å². The summed E-state index contributed by atoms with van der Waals surface area (Å²) < 4.78 is 11.0. The monoisotopic (exact) mass is 231 g/mol. The topological polar surface area (TPSA) is 42.2 Å². The summed E-state index contributed by atoms with van der Waals surface area (Å²) in [4.78, 5) is 0. The maximum Gasteiger partial charge on any atom is 0.161 e. The summed E-state index contributed by atoms with van der Waals surface area (Å²) in [5.41, 5.74) is 1.02. The van der Waals surface area contributed by atoms with Crippen molar-refractivity contribution in [3.05, 3.63) is 23.8 Å². The molecule has 0 amide bonds. The van der Waals surface area contributed by atoms with E-state index in [0.29, 0.717) is 19.1 Å². The Bertz CT molecular complexity index is 436. The minimum Gasteiger partial charge on any atom is -0.486 e. The quantitative estimate of drug-likeness (QED) is 0.802. The molecule has 2 atom stereocenters. The lowest BCUT2D eigenvalue weighted by Gasteiger charge is -2.21. The van der Waals surface area contributed by atoms with Gasteiger partial charge >= 0.3 is 0 Å². The van der Waals surface area contributed by atoms with Gasteiger partial charge in [-0.3, -0.25) is 0 Å². The SMILES string of the molecule is CCC(C)C(C#N)c1ccc2c(c1)OCCO2. The Hall–Kier alpha value is -1.69. The Labute approximate surface area is 102 Å². The summed E-state index contributed by atoms with van der Waals surface area (Å²) in [6.07, 6.45) is 0.993. The van der Waals surface area contributed by atoms with Gasteiger partial charge in [0.25, 0.3) is 0 Å². The maximum absolute atomic E-state index is 9.26. The van der Waals surface area contributed by atoms with Crippen LogP contribution in [0.5, 0.6) is 11.5 Å².